The first-order chi connectivity index (χ1) is 10.6. The number of amides is 2. The summed E-state index contributed by atoms with van der Waals surface area (Å²) < 4.78 is 10.4. The van der Waals surface area contributed by atoms with Gasteiger partial charge in [0.05, 0.1) is 31.9 Å². The normalized spacial score (nSPS) is 17.0. The summed E-state index contributed by atoms with van der Waals surface area (Å²) in [7, 11) is 3.06. The van der Waals surface area contributed by atoms with Crippen molar-refractivity contribution >= 4 is 17.5 Å². The van der Waals surface area contributed by atoms with E-state index in [9.17, 15) is 9.59 Å². The van der Waals surface area contributed by atoms with Gasteiger partial charge in [-0.2, -0.15) is 5.26 Å². The molecule has 0 saturated carbocycles. The molecule has 0 unspecified atom stereocenters. The van der Waals surface area contributed by atoms with Crippen LogP contribution in [-0.4, -0.2) is 39.1 Å². The largest absolute Gasteiger partial charge is 0.497 e. The SMILES string of the molecule is COc1ccc(N2C[C@@H](C(=O)NCC#N)CC2=O)c(OC)c1. The van der Waals surface area contributed by atoms with E-state index in [0.29, 0.717) is 17.2 Å². The molecule has 1 fully saturated rings. The van der Waals surface area contributed by atoms with Crippen LogP contribution in [0.3, 0.4) is 0 Å². The van der Waals surface area contributed by atoms with Gasteiger partial charge in [0.2, 0.25) is 11.8 Å². The highest BCUT2D eigenvalue weighted by Crippen LogP contribution is 2.35. The minimum Gasteiger partial charge on any atom is -0.497 e. The van der Waals surface area contributed by atoms with Gasteiger partial charge in [0, 0.05) is 19.0 Å². The van der Waals surface area contributed by atoms with Crippen molar-refractivity contribution in [1.29, 1.82) is 5.26 Å². The van der Waals surface area contributed by atoms with E-state index >= 15 is 0 Å². The van der Waals surface area contributed by atoms with Crippen LogP contribution in [0.1, 0.15) is 6.42 Å². The zero-order valence-electron chi connectivity index (χ0n) is 12.5. The summed E-state index contributed by atoms with van der Waals surface area (Å²) in [6.45, 7) is 0.203. The number of ether oxygens (including phenoxy) is 2. The van der Waals surface area contributed by atoms with Crippen LogP contribution in [0.25, 0.3) is 0 Å². The van der Waals surface area contributed by atoms with Crippen molar-refractivity contribution in [3.05, 3.63) is 18.2 Å². The summed E-state index contributed by atoms with van der Waals surface area (Å²) in [5, 5.41) is 11.0. The predicted molar refractivity (Wildman–Crippen MR) is 78.6 cm³/mol. The molecule has 1 heterocycles. The topological polar surface area (TPSA) is 91.7 Å². The lowest BCUT2D eigenvalue weighted by molar-refractivity contribution is -0.126. The number of nitrogens with zero attached hydrogens (tertiary/aromatic N) is 2. The fourth-order valence-corrected chi connectivity index (χ4v) is 2.39. The molecule has 116 valence electrons. The molecule has 7 heteroatoms. The number of hydrogen-bond donors (Lipinski definition) is 1. The lowest BCUT2D eigenvalue weighted by Crippen LogP contribution is -2.33. The molecule has 1 atom stereocenters. The van der Waals surface area contributed by atoms with Crippen molar-refractivity contribution in [2.24, 2.45) is 5.92 Å². The highest BCUT2D eigenvalue weighted by atomic mass is 16.5. The number of nitriles is 1. The van der Waals surface area contributed by atoms with Crippen LogP contribution < -0.4 is 19.7 Å². The molecule has 7 nitrogen and oxygen atoms in total. The summed E-state index contributed by atoms with van der Waals surface area (Å²) in [6.07, 6.45) is 0.118. The number of carbonyl (C=O) groups is 2. The molecule has 1 aromatic carbocycles. The minimum absolute atomic E-state index is 0.0601. The molecular formula is C15H17N3O4. The second kappa shape index (κ2) is 6.80. The van der Waals surface area contributed by atoms with E-state index in [-0.39, 0.29) is 31.3 Å². The molecule has 22 heavy (non-hydrogen) atoms. The Morgan fingerprint density at radius 3 is 2.86 bits per heavy atom. The maximum atomic E-state index is 12.2. The molecule has 1 saturated heterocycles. The van der Waals surface area contributed by atoms with Crippen LogP contribution in [0, 0.1) is 17.2 Å². The number of carbonyl (C=O) groups excluding carboxylic acids is 2. The van der Waals surface area contributed by atoms with Crippen molar-refractivity contribution in [2.45, 2.75) is 6.42 Å². The van der Waals surface area contributed by atoms with E-state index < -0.39 is 5.92 Å². The molecule has 2 rings (SSSR count). The first kappa shape index (κ1) is 15.6. The summed E-state index contributed by atoms with van der Waals surface area (Å²) in [5.74, 6) is 0.222. The highest BCUT2D eigenvalue weighted by Gasteiger charge is 2.36. The summed E-state index contributed by atoms with van der Waals surface area (Å²) in [4.78, 5) is 25.6. The van der Waals surface area contributed by atoms with Gasteiger partial charge in [0.1, 0.15) is 18.0 Å². The molecule has 0 aromatic heterocycles. The first-order valence-corrected chi connectivity index (χ1v) is 6.77. The van der Waals surface area contributed by atoms with Gasteiger partial charge in [0.25, 0.3) is 0 Å². The quantitative estimate of drug-likeness (QED) is 0.808. The average molecular weight is 303 g/mol. The van der Waals surface area contributed by atoms with Gasteiger partial charge in [-0.15, -0.1) is 0 Å². The Labute approximate surface area is 128 Å². The zero-order valence-corrected chi connectivity index (χ0v) is 12.5. The van der Waals surface area contributed by atoms with E-state index in [0.717, 1.165) is 0 Å². The fraction of sp³-hybridized carbons (Fsp3) is 0.400. The Balaban J connectivity index is 2.18. The third-order valence-electron chi connectivity index (χ3n) is 3.52. The Morgan fingerprint density at radius 2 is 2.23 bits per heavy atom. The van der Waals surface area contributed by atoms with Crippen molar-refractivity contribution in [3.63, 3.8) is 0 Å². The molecule has 0 spiro atoms. The second-order valence-electron chi connectivity index (χ2n) is 4.82. The highest BCUT2D eigenvalue weighted by molar-refractivity contribution is 6.01. The average Bonchev–Trinajstić information content (AvgIpc) is 2.93. The summed E-state index contributed by atoms with van der Waals surface area (Å²) >= 11 is 0. The van der Waals surface area contributed by atoms with Crippen LogP contribution in [-0.2, 0) is 9.59 Å². The van der Waals surface area contributed by atoms with E-state index in [1.54, 1.807) is 25.3 Å². The third kappa shape index (κ3) is 3.11. The molecule has 0 bridgehead atoms. The van der Waals surface area contributed by atoms with E-state index in [1.165, 1.54) is 12.0 Å². The van der Waals surface area contributed by atoms with Crippen LogP contribution in [0.2, 0.25) is 0 Å². The zero-order chi connectivity index (χ0) is 16.1. The van der Waals surface area contributed by atoms with Crippen molar-refractivity contribution in [3.8, 4) is 17.6 Å². The second-order valence-corrected chi connectivity index (χ2v) is 4.82. The lowest BCUT2D eigenvalue weighted by Gasteiger charge is -2.20. The molecule has 1 aliphatic heterocycles. The lowest BCUT2D eigenvalue weighted by atomic mass is 10.1. The van der Waals surface area contributed by atoms with Gasteiger partial charge in [-0.1, -0.05) is 0 Å². The van der Waals surface area contributed by atoms with E-state index in [2.05, 4.69) is 5.32 Å². The maximum absolute atomic E-state index is 12.2. The van der Waals surface area contributed by atoms with E-state index in [4.69, 9.17) is 14.7 Å². The number of benzene rings is 1. The summed E-state index contributed by atoms with van der Waals surface area (Å²) in [5.41, 5.74) is 0.601. The van der Waals surface area contributed by atoms with Gasteiger partial charge in [-0.05, 0) is 12.1 Å². The molecule has 2 amide bonds. The number of anilines is 1. The van der Waals surface area contributed by atoms with Crippen molar-refractivity contribution < 1.29 is 19.1 Å². The molecule has 1 aliphatic rings. The number of methoxy groups -OCH3 is 2. The maximum Gasteiger partial charge on any atom is 0.227 e. The van der Waals surface area contributed by atoms with Gasteiger partial charge in [-0.3, -0.25) is 9.59 Å². The van der Waals surface area contributed by atoms with Gasteiger partial charge >= 0.3 is 0 Å². The standard InChI is InChI=1S/C15H17N3O4/c1-21-11-3-4-12(13(8-11)22-2)18-9-10(7-14(18)19)15(20)17-6-5-16/h3-4,8,10H,6-7,9H2,1-2H3,(H,17,20)/t10-/m0/s1. The van der Waals surface area contributed by atoms with Crippen LogP contribution in [0.4, 0.5) is 5.69 Å². The smallest absolute Gasteiger partial charge is 0.227 e. The molecule has 1 aromatic rings. The van der Waals surface area contributed by atoms with Gasteiger partial charge in [0.15, 0.2) is 0 Å². The van der Waals surface area contributed by atoms with Crippen LogP contribution in [0.15, 0.2) is 18.2 Å². The predicted octanol–water partition coefficient (Wildman–Crippen LogP) is 0.696. The Kier molecular flexibility index (Phi) is 4.84. The minimum atomic E-state index is -0.465. The first-order valence-electron chi connectivity index (χ1n) is 6.77. The van der Waals surface area contributed by atoms with E-state index in [1.807, 2.05) is 6.07 Å². The van der Waals surface area contributed by atoms with Crippen LogP contribution in [0.5, 0.6) is 11.5 Å². The van der Waals surface area contributed by atoms with Crippen molar-refractivity contribution in [1.82, 2.24) is 5.32 Å². The monoisotopic (exact) mass is 303 g/mol. The Morgan fingerprint density at radius 1 is 1.45 bits per heavy atom. The molecule has 0 radical (unpaired) electrons. The Bertz CT molecular complexity index is 624. The number of hydrogen-bond acceptors (Lipinski definition) is 5. The number of rotatable bonds is 5. The molecule has 0 aliphatic carbocycles. The van der Waals surface area contributed by atoms with Gasteiger partial charge < -0.3 is 19.7 Å². The van der Waals surface area contributed by atoms with Crippen molar-refractivity contribution in [2.75, 3.05) is 32.2 Å². The van der Waals surface area contributed by atoms with Gasteiger partial charge in [-0.25, -0.2) is 0 Å². The third-order valence-corrected chi connectivity index (χ3v) is 3.52. The molecule has 1 N–H and O–H groups in total. The molecular weight excluding hydrogens is 286 g/mol. The van der Waals surface area contributed by atoms with Crippen LogP contribution >= 0.6 is 0 Å². The summed E-state index contributed by atoms with van der Waals surface area (Å²) in [6, 6.07) is 6.99. The number of nitrogens with one attached hydrogen (secondary N) is 1. The fourth-order valence-electron chi connectivity index (χ4n) is 2.39. The Hall–Kier alpha value is -2.75.